The molecule has 0 unspecified atom stereocenters. The molecule has 4 atom stereocenters. The minimum atomic E-state index is -0.730. The maximum absolute atomic E-state index is 10.5. The molecule has 0 heterocycles. The predicted molar refractivity (Wildman–Crippen MR) is 109 cm³/mol. The van der Waals surface area contributed by atoms with Gasteiger partial charge in [-0.1, -0.05) is 57.8 Å². The van der Waals surface area contributed by atoms with Crippen LogP contribution >= 0.6 is 11.8 Å². The van der Waals surface area contributed by atoms with Crippen molar-refractivity contribution in [2.24, 2.45) is 11.8 Å². The molecule has 26 heavy (non-hydrogen) atoms. The Labute approximate surface area is 162 Å². The molecule has 0 radical (unpaired) electrons. The molecule has 5 heteroatoms. The fraction of sp³-hybridized carbons (Fsp3) is 0.762. The van der Waals surface area contributed by atoms with E-state index in [1.54, 1.807) is 11.8 Å². The number of carboxylic acid groups (broad SMARTS) is 1. The second kappa shape index (κ2) is 13.4. The van der Waals surface area contributed by atoms with Crippen molar-refractivity contribution < 1.29 is 20.1 Å². The van der Waals surface area contributed by atoms with Crippen LogP contribution in [-0.4, -0.2) is 39.2 Å². The molecular weight excluding hydrogens is 348 g/mol. The number of hydrogen-bond donors (Lipinski definition) is 3. The number of aliphatic carboxylic acids is 1. The topological polar surface area (TPSA) is 77.8 Å². The molecule has 0 aromatic carbocycles. The molecule has 150 valence electrons. The quantitative estimate of drug-likeness (QED) is 0.297. The maximum atomic E-state index is 10.5. The van der Waals surface area contributed by atoms with Crippen LogP contribution < -0.4 is 0 Å². The number of rotatable bonds is 14. The highest BCUT2D eigenvalue weighted by molar-refractivity contribution is 8.03. The minimum absolute atomic E-state index is 0.0142. The van der Waals surface area contributed by atoms with E-state index in [0.717, 1.165) is 37.9 Å². The standard InChI is InChI=1S/C21H36O4S/c1-3-4-8-16(2)15-17(22)10-11-18-19(23)12-13-20(18)26-14-7-5-6-9-21(24)25/h10-11,13,16-19,22-23H,3-9,12,14-15H2,1-2H3,(H,24,25)/b11-10+/t16-,17-,18+,19-/m1/s1. The average Bonchev–Trinajstić information content (AvgIpc) is 2.94. The van der Waals surface area contributed by atoms with Crippen LogP contribution in [0, 0.1) is 11.8 Å². The summed E-state index contributed by atoms with van der Waals surface area (Å²) in [6.07, 6.45) is 12.9. The Hall–Kier alpha value is -0.780. The molecule has 0 aliphatic heterocycles. The molecule has 3 N–H and O–H groups in total. The third-order valence-electron chi connectivity index (χ3n) is 4.84. The van der Waals surface area contributed by atoms with Crippen molar-refractivity contribution >= 4 is 17.7 Å². The summed E-state index contributed by atoms with van der Waals surface area (Å²) in [4.78, 5) is 11.7. The van der Waals surface area contributed by atoms with Gasteiger partial charge < -0.3 is 15.3 Å². The van der Waals surface area contributed by atoms with Crippen LogP contribution in [0.4, 0.5) is 0 Å². The minimum Gasteiger partial charge on any atom is -0.481 e. The third kappa shape index (κ3) is 9.79. The molecule has 0 bridgehead atoms. The SMILES string of the molecule is CCCC[C@@H](C)C[C@H](O)/C=C/[C@@H]1C(SCCCCCC(=O)O)=CC[C@H]1O. The van der Waals surface area contributed by atoms with Crippen LogP contribution in [-0.2, 0) is 4.79 Å². The van der Waals surface area contributed by atoms with E-state index in [1.165, 1.54) is 17.7 Å². The first kappa shape index (κ1) is 23.3. The summed E-state index contributed by atoms with van der Waals surface area (Å²) in [6, 6.07) is 0. The summed E-state index contributed by atoms with van der Waals surface area (Å²) in [5.41, 5.74) is 0. The Morgan fingerprint density at radius 1 is 1.35 bits per heavy atom. The first-order valence-corrected chi connectivity index (χ1v) is 11.0. The van der Waals surface area contributed by atoms with Gasteiger partial charge in [0.25, 0.3) is 0 Å². The van der Waals surface area contributed by atoms with Crippen LogP contribution in [0.5, 0.6) is 0 Å². The van der Waals surface area contributed by atoms with Crippen molar-refractivity contribution in [1.29, 1.82) is 0 Å². The number of aliphatic hydroxyl groups is 2. The lowest BCUT2D eigenvalue weighted by molar-refractivity contribution is -0.137. The van der Waals surface area contributed by atoms with Gasteiger partial charge in [-0.25, -0.2) is 0 Å². The van der Waals surface area contributed by atoms with Gasteiger partial charge in [0, 0.05) is 12.3 Å². The van der Waals surface area contributed by atoms with E-state index in [0.29, 0.717) is 12.3 Å². The summed E-state index contributed by atoms with van der Waals surface area (Å²) in [6.45, 7) is 4.37. The summed E-state index contributed by atoms with van der Waals surface area (Å²) >= 11 is 1.75. The number of thioether (sulfide) groups is 1. The highest BCUT2D eigenvalue weighted by Gasteiger charge is 2.26. The van der Waals surface area contributed by atoms with E-state index >= 15 is 0 Å². The van der Waals surface area contributed by atoms with Crippen LogP contribution in [0.3, 0.4) is 0 Å². The second-order valence-electron chi connectivity index (χ2n) is 7.42. The summed E-state index contributed by atoms with van der Waals surface area (Å²) in [7, 11) is 0. The van der Waals surface area contributed by atoms with E-state index in [9.17, 15) is 15.0 Å². The van der Waals surface area contributed by atoms with Crippen LogP contribution in [0.1, 0.15) is 71.6 Å². The summed E-state index contributed by atoms with van der Waals surface area (Å²) < 4.78 is 0. The zero-order chi connectivity index (χ0) is 19.4. The van der Waals surface area contributed by atoms with Crippen LogP contribution in [0.15, 0.2) is 23.1 Å². The molecule has 0 saturated carbocycles. The van der Waals surface area contributed by atoms with Gasteiger partial charge in [-0.3, -0.25) is 4.79 Å². The zero-order valence-corrected chi connectivity index (χ0v) is 17.1. The summed E-state index contributed by atoms with van der Waals surface area (Å²) in [5, 5.41) is 29.1. The Kier molecular flexibility index (Phi) is 12.0. The highest BCUT2D eigenvalue weighted by atomic mass is 32.2. The molecule has 0 amide bonds. The lowest BCUT2D eigenvalue weighted by atomic mass is 9.96. The van der Waals surface area contributed by atoms with Crippen molar-refractivity contribution in [3.8, 4) is 0 Å². The molecule has 0 fully saturated rings. The smallest absolute Gasteiger partial charge is 0.303 e. The number of carbonyl (C=O) groups is 1. The van der Waals surface area contributed by atoms with Crippen molar-refractivity contribution in [3.63, 3.8) is 0 Å². The van der Waals surface area contributed by atoms with Crippen molar-refractivity contribution in [3.05, 3.63) is 23.1 Å². The lowest BCUT2D eigenvalue weighted by Crippen LogP contribution is -2.15. The second-order valence-corrected chi connectivity index (χ2v) is 8.59. The molecule has 1 aliphatic rings. The third-order valence-corrected chi connectivity index (χ3v) is 6.11. The number of hydrogen-bond acceptors (Lipinski definition) is 4. The summed E-state index contributed by atoms with van der Waals surface area (Å²) in [5.74, 6) is 0.712. The first-order valence-electron chi connectivity index (χ1n) is 10.0. The lowest BCUT2D eigenvalue weighted by Gasteiger charge is -2.17. The Balaban J connectivity index is 2.34. The van der Waals surface area contributed by atoms with E-state index in [1.807, 2.05) is 12.2 Å². The Morgan fingerprint density at radius 3 is 2.81 bits per heavy atom. The predicted octanol–water partition coefficient (Wildman–Crippen LogP) is 4.76. The van der Waals surface area contributed by atoms with Gasteiger partial charge in [-0.15, -0.1) is 11.8 Å². The van der Waals surface area contributed by atoms with Gasteiger partial charge in [0.15, 0.2) is 0 Å². The molecule has 1 aliphatic carbocycles. The molecule has 0 saturated heterocycles. The molecule has 4 nitrogen and oxygen atoms in total. The maximum Gasteiger partial charge on any atom is 0.303 e. The Bertz CT molecular complexity index is 461. The van der Waals surface area contributed by atoms with Crippen molar-refractivity contribution in [2.75, 3.05) is 5.75 Å². The van der Waals surface area contributed by atoms with E-state index in [-0.39, 0.29) is 12.3 Å². The van der Waals surface area contributed by atoms with Gasteiger partial charge in [-0.2, -0.15) is 0 Å². The monoisotopic (exact) mass is 384 g/mol. The fourth-order valence-electron chi connectivity index (χ4n) is 3.24. The number of unbranched alkanes of at least 4 members (excludes halogenated alkanes) is 3. The van der Waals surface area contributed by atoms with E-state index in [4.69, 9.17) is 5.11 Å². The Morgan fingerprint density at radius 2 is 2.12 bits per heavy atom. The molecule has 0 aromatic rings. The fourth-order valence-corrected chi connectivity index (χ4v) is 4.47. The van der Waals surface area contributed by atoms with Crippen LogP contribution in [0.2, 0.25) is 0 Å². The largest absolute Gasteiger partial charge is 0.481 e. The van der Waals surface area contributed by atoms with Crippen LogP contribution in [0.25, 0.3) is 0 Å². The zero-order valence-electron chi connectivity index (χ0n) is 16.3. The van der Waals surface area contributed by atoms with Crippen molar-refractivity contribution in [2.45, 2.75) is 83.8 Å². The van der Waals surface area contributed by atoms with Gasteiger partial charge in [0.1, 0.15) is 0 Å². The number of aliphatic hydroxyl groups excluding tert-OH is 2. The highest BCUT2D eigenvalue weighted by Crippen LogP contribution is 2.36. The van der Waals surface area contributed by atoms with Crippen molar-refractivity contribution in [1.82, 2.24) is 0 Å². The van der Waals surface area contributed by atoms with Gasteiger partial charge in [0.05, 0.1) is 12.2 Å². The van der Waals surface area contributed by atoms with E-state index in [2.05, 4.69) is 19.9 Å². The van der Waals surface area contributed by atoms with Gasteiger partial charge in [0.2, 0.25) is 0 Å². The van der Waals surface area contributed by atoms with E-state index < -0.39 is 18.2 Å². The normalized spacial score (nSPS) is 22.5. The average molecular weight is 385 g/mol. The molecule has 0 aromatic heterocycles. The number of carboxylic acids is 1. The first-order chi connectivity index (χ1) is 12.4. The molecule has 1 rings (SSSR count). The van der Waals surface area contributed by atoms with Gasteiger partial charge in [-0.05, 0) is 42.3 Å². The molecular formula is C21H36O4S. The van der Waals surface area contributed by atoms with Gasteiger partial charge >= 0.3 is 5.97 Å². The molecule has 0 spiro atoms.